The van der Waals surface area contributed by atoms with Crippen LogP contribution < -0.4 is 0 Å². The summed E-state index contributed by atoms with van der Waals surface area (Å²) in [6.45, 7) is 3.47. The number of rotatable bonds is 4. The lowest BCUT2D eigenvalue weighted by Crippen LogP contribution is -1.96. The van der Waals surface area contributed by atoms with Gasteiger partial charge < -0.3 is 0 Å². The number of aryl methyl sites for hydroxylation is 1. The molecule has 0 aromatic heterocycles. The molecular formula is C10H12OS. The first-order valence-electron chi connectivity index (χ1n) is 3.86. The van der Waals surface area contributed by atoms with E-state index in [1.807, 2.05) is 30.3 Å². The van der Waals surface area contributed by atoms with Gasteiger partial charge in [-0.05, 0) is 17.4 Å². The third-order valence-corrected chi connectivity index (χ3v) is 2.60. The lowest BCUT2D eigenvalue weighted by Gasteiger charge is -1.97. The van der Waals surface area contributed by atoms with Crippen molar-refractivity contribution in [3.8, 4) is 0 Å². The lowest BCUT2D eigenvalue weighted by atomic mass is 10.2. The minimum absolute atomic E-state index is 0.674. The zero-order valence-corrected chi connectivity index (χ0v) is 7.72. The molecule has 0 radical (unpaired) electrons. The molecule has 0 aliphatic rings. The van der Waals surface area contributed by atoms with Crippen molar-refractivity contribution in [2.24, 2.45) is 0 Å². The van der Waals surface area contributed by atoms with E-state index >= 15 is 0 Å². The van der Waals surface area contributed by atoms with Crippen molar-refractivity contribution in [1.82, 2.24) is 0 Å². The van der Waals surface area contributed by atoms with Crippen molar-refractivity contribution in [3.05, 3.63) is 47.9 Å². The largest absolute Gasteiger partial charge is 0.255 e. The molecular weight excluding hydrogens is 168 g/mol. The molecule has 1 unspecified atom stereocenters. The van der Waals surface area contributed by atoms with Crippen LogP contribution in [0.1, 0.15) is 5.56 Å². The molecule has 64 valence electrons. The second-order valence-corrected chi connectivity index (χ2v) is 3.99. The molecule has 0 aliphatic heterocycles. The van der Waals surface area contributed by atoms with E-state index < -0.39 is 10.8 Å². The monoisotopic (exact) mass is 180 g/mol. The van der Waals surface area contributed by atoms with Crippen molar-refractivity contribution >= 4 is 10.8 Å². The molecule has 0 saturated heterocycles. The fraction of sp³-hybridized carbons (Fsp3) is 0.200. The predicted octanol–water partition coefficient (Wildman–Crippen LogP) is 2.12. The van der Waals surface area contributed by atoms with Crippen LogP contribution in [0.2, 0.25) is 0 Å². The standard InChI is InChI=1S/C10H12OS/c1-2-12(11)9-8-10-6-4-3-5-7-10/h2-7H,1,8-9H2. The van der Waals surface area contributed by atoms with E-state index in [9.17, 15) is 4.21 Å². The van der Waals surface area contributed by atoms with E-state index in [0.717, 1.165) is 6.42 Å². The minimum Gasteiger partial charge on any atom is -0.255 e. The smallest absolute Gasteiger partial charge is 0.0453 e. The number of benzene rings is 1. The Morgan fingerprint density at radius 3 is 2.58 bits per heavy atom. The van der Waals surface area contributed by atoms with E-state index in [1.165, 1.54) is 11.0 Å². The summed E-state index contributed by atoms with van der Waals surface area (Å²) in [6, 6.07) is 10.0. The summed E-state index contributed by atoms with van der Waals surface area (Å²) in [5.41, 5.74) is 1.23. The summed E-state index contributed by atoms with van der Waals surface area (Å²) in [7, 11) is -0.864. The maximum atomic E-state index is 11.0. The van der Waals surface area contributed by atoms with E-state index in [1.54, 1.807) is 0 Å². The Morgan fingerprint density at radius 1 is 1.33 bits per heavy atom. The molecule has 12 heavy (non-hydrogen) atoms. The third kappa shape index (κ3) is 3.01. The lowest BCUT2D eigenvalue weighted by molar-refractivity contribution is 0.687. The summed E-state index contributed by atoms with van der Waals surface area (Å²) < 4.78 is 11.0. The highest BCUT2D eigenvalue weighted by atomic mass is 32.2. The highest BCUT2D eigenvalue weighted by Gasteiger charge is 1.94. The van der Waals surface area contributed by atoms with Crippen LogP contribution in [0, 0.1) is 0 Å². The van der Waals surface area contributed by atoms with Crippen molar-refractivity contribution in [2.75, 3.05) is 5.75 Å². The molecule has 0 N–H and O–H groups in total. The Labute approximate surface area is 75.6 Å². The van der Waals surface area contributed by atoms with Gasteiger partial charge >= 0.3 is 0 Å². The molecule has 1 aromatic rings. The SMILES string of the molecule is C=CS(=O)CCc1ccccc1. The molecule has 0 spiro atoms. The topological polar surface area (TPSA) is 17.1 Å². The summed E-state index contributed by atoms with van der Waals surface area (Å²) in [5, 5.41) is 1.49. The maximum absolute atomic E-state index is 11.0. The van der Waals surface area contributed by atoms with Crippen molar-refractivity contribution in [2.45, 2.75) is 6.42 Å². The minimum atomic E-state index is -0.864. The summed E-state index contributed by atoms with van der Waals surface area (Å²) in [4.78, 5) is 0. The van der Waals surface area contributed by atoms with Crippen LogP contribution in [0.5, 0.6) is 0 Å². The van der Waals surface area contributed by atoms with Gasteiger partial charge in [-0.15, -0.1) is 0 Å². The zero-order chi connectivity index (χ0) is 8.81. The van der Waals surface area contributed by atoms with Gasteiger partial charge in [0, 0.05) is 16.6 Å². The first kappa shape index (κ1) is 9.20. The van der Waals surface area contributed by atoms with Crippen LogP contribution >= 0.6 is 0 Å². The van der Waals surface area contributed by atoms with Crippen LogP contribution in [0.15, 0.2) is 42.3 Å². The van der Waals surface area contributed by atoms with Gasteiger partial charge in [-0.3, -0.25) is 4.21 Å². The molecule has 1 rings (SSSR count). The second-order valence-electron chi connectivity index (χ2n) is 2.49. The quantitative estimate of drug-likeness (QED) is 0.693. The summed E-state index contributed by atoms with van der Waals surface area (Å²) in [5.74, 6) is 0.674. The molecule has 0 amide bonds. The van der Waals surface area contributed by atoms with E-state index in [4.69, 9.17) is 0 Å². The molecule has 0 bridgehead atoms. The predicted molar refractivity (Wildman–Crippen MR) is 53.4 cm³/mol. The van der Waals surface area contributed by atoms with Crippen molar-refractivity contribution in [1.29, 1.82) is 0 Å². The molecule has 2 heteroatoms. The van der Waals surface area contributed by atoms with Gasteiger partial charge in [-0.1, -0.05) is 36.9 Å². The van der Waals surface area contributed by atoms with Gasteiger partial charge in [0.2, 0.25) is 0 Å². The van der Waals surface area contributed by atoms with E-state index in [0.29, 0.717) is 5.75 Å². The van der Waals surface area contributed by atoms with E-state index in [-0.39, 0.29) is 0 Å². The fourth-order valence-electron chi connectivity index (χ4n) is 0.946. The Hall–Kier alpha value is -0.890. The molecule has 0 fully saturated rings. The van der Waals surface area contributed by atoms with Gasteiger partial charge in [-0.2, -0.15) is 0 Å². The highest BCUT2D eigenvalue weighted by Crippen LogP contribution is 2.00. The Kier molecular flexibility index (Phi) is 3.74. The first-order valence-corrected chi connectivity index (χ1v) is 5.25. The normalized spacial score (nSPS) is 12.3. The average molecular weight is 180 g/mol. The first-order chi connectivity index (χ1) is 5.83. The van der Waals surface area contributed by atoms with Gasteiger partial charge in [0.25, 0.3) is 0 Å². The third-order valence-electron chi connectivity index (χ3n) is 1.62. The van der Waals surface area contributed by atoms with Gasteiger partial charge in [0.1, 0.15) is 0 Å². The van der Waals surface area contributed by atoms with Gasteiger partial charge in [0.15, 0.2) is 0 Å². The van der Waals surface area contributed by atoms with Crippen molar-refractivity contribution in [3.63, 3.8) is 0 Å². The Balaban J connectivity index is 2.43. The summed E-state index contributed by atoms with van der Waals surface area (Å²) >= 11 is 0. The number of hydrogen-bond acceptors (Lipinski definition) is 1. The van der Waals surface area contributed by atoms with Crippen LogP contribution in [-0.2, 0) is 17.2 Å². The molecule has 1 nitrogen and oxygen atoms in total. The molecule has 0 heterocycles. The average Bonchev–Trinajstić information content (AvgIpc) is 2.16. The highest BCUT2D eigenvalue weighted by molar-refractivity contribution is 7.87. The summed E-state index contributed by atoms with van der Waals surface area (Å²) in [6.07, 6.45) is 0.861. The molecule has 1 aromatic carbocycles. The second kappa shape index (κ2) is 4.88. The number of hydrogen-bond donors (Lipinski definition) is 0. The molecule has 0 saturated carbocycles. The van der Waals surface area contributed by atoms with Crippen LogP contribution in [-0.4, -0.2) is 9.96 Å². The zero-order valence-electron chi connectivity index (χ0n) is 6.90. The van der Waals surface area contributed by atoms with Crippen LogP contribution in [0.3, 0.4) is 0 Å². The van der Waals surface area contributed by atoms with Crippen LogP contribution in [0.4, 0.5) is 0 Å². The Bertz CT molecular complexity index is 266. The van der Waals surface area contributed by atoms with Crippen molar-refractivity contribution < 1.29 is 4.21 Å². The maximum Gasteiger partial charge on any atom is 0.0453 e. The van der Waals surface area contributed by atoms with E-state index in [2.05, 4.69) is 6.58 Å². The Morgan fingerprint density at radius 2 is 2.00 bits per heavy atom. The molecule has 1 atom stereocenters. The van der Waals surface area contributed by atoms with Gasteiger partial charge in [0.05, 0.1) is 0 Å². The fourth-order valence-corrected chi connectivity index (χ4v) is 1.55. The molecule has 0 aliphatic carbocycles. The van der Waals surface area contributed by atoms with Crippen LogP contribution in [0.25, 0.3) is 0 Å². The van der Waals surface area contributed by atoms with Gasteiger partial charge in [-0.25, -0.2) is 0 Å².